The van der Waals surface area contributed by atoms with Crippen molar-refractivity contribution in [3.05, 3.63) is 29.3 Å². The third-order valence-corrected chi connectivity index (χ3v) is 5.67. The van der Waals surface area contributed by atoms with E-state index in [4.69, 9.17) is 4.74 Å². The van der Waals surface area contributed by atoms with Gasteiger partial charge in [0.15, 0.2) is 0 Å². The van der Waals surface area contributed by atoms with Gasteiger partial charge in [-0.3, -0.25) is 4.79 Å². The first-order valence-corrected chi connectivity index (χ1v) is 8.59. The molecule has 1 saturated carbocycles. The molecule has 1 heterocycles. The molecule has 3 rings (SSSR count). The number of carbonyl (C=O) groups is 1. The van der Waals surface area contributed by atoms with Crippen molar-refractivity contribution >= 4 is 5.91 Å². The Hall–Kier alpha value is -1.51. The second-order valence-corrected chi connectivity index (χ2v) is 6.86. The lowest BCUT2D eigenvalue weighted by molar-refractivity contribution is -0.139. The van der Waals surface area contributed by atoms with E-state index in [2.05, 4.69) is 30.9 Å². The lowest BCUT2D eigenvalue weighted by Gasteiger charge is -2.38. The van der Waals surface area contributed by atoms with Crippen LogP contribution in [0, 0.1) is 11.8 Å². The molecule has 1 amide bonds. The fourth-order valence-electron chi connectivity index (χ4n) is 4.14. The van der Waals surface area contributed by atoms with Crippen LogP contribution < -0.4 is 4.74 Å². The fraction of sp³-hybridized carbons (Fsp3) is 0.632. The Morgan fingerprint density at radius 2 is 2.05 bits per heavy atom. The molecule has 120 valence electrons. The molecule has 2 unspecified atom stereocenters. The fourth-order valence-corrected chi connectivity index (χ4v) is 4.14. The summed E-state index contributed by atoms with van der Waals surface area (Å²) in [6.07, 6.45) is 5.97. The van der Waals surface area contributed by atoms with Crippen LogP contribution in [0.3, 0.4) is 0 Å². The molecule has 0 bridgehead atoms. The van der Waals surface area contributed by atoms with Crippen LogP contribution in [-0.4, -0.2) is 24.5 Å². The van der Waals surface area contributed by atoms with Crippen molar-refractivity contribution in [2.45, 2.75) is 52.0 Å². The van der Waals surface area contributed by atoms with E-state index in [-0.39, 0.29) is 12.0 Å². The molecular weight excluding hydrogens is 274 g/mol. The van der Waals surface area contributed by atoms with Crippen LogP contribution in [0.4, 0.5) is 0 Å². The first-order chi connectivity index (χ1) is 10.6. The van der Waals surface area contributed by atoms with E-state index in [1.807, 2.05) is 6.07 Å². The van der Waals surface area contributed by atoms with Gasteiger partial charge in [-0.15, -0.1) is 0 Å². The van der Waals surface area contributed by atoms with Crippen LogP contribution in [-0.2, 0) is 11.2 Å². The summed E-state index contributed by atoms with van der Waals surface area (Å²) in [5.41, 5.74) is 2.60. The highest BCUT2D eigenvalue weighted by molar-refractivity contribution is 5.79. The second kappa shape index (κ2) is 6.31. The molecule has 3 nitrogen and oxygen atoms in total. The molecule has 1 aromatic carbocycles. The number of rotatable bonds is 3. The zero-order valence-electron chi connectivity index (χ0n) is 14.0. The quantitative estimate of drug-likeness (QED) is 0.845. The summed E-state index contributed by atoms with van der Waals surface area (Å²) in [6.45, 7) is 5.12. The minimum Gasteiger partial charge on any atom is -0.497 e. The Morgan fingerprint density at radius 1 is 1.32 bits per heavy atom. The van der Waals surface area contributed by atoms with E-state index in [9.17, 15) is 4.79 Å². The van der Waals surface area contributed by atoms with Crippen molar-refractivity contribution in [2.75, 3.05) is 13.7 Å². The third-order valence-electron chi connectivity index (χ3n) is 5.67. The largest absolute Gasteiger partial charge is 0.497 e. The van der Waals surface area contributed by atoms with Gasteiger partial charge in [0.25, 0.3) is 0 Å². The maximum Gasteiger partial charge on any atom is 0.226 e. The van der Waals surface area contributed by atoms with Crippen molar-refractivity contribution in [3.8, 4) is 5.75 Å². The highest BCUT2D eigenvalue weighted by atomic mass is 16.5. The van der Waals surface area contributed by atoms with E-state index in [0.29, 0.717) is 11.8 Å². The van der Waals surface area contributed by atoms with Crippen LogP contribution in [0.15, 0.2) is 18.2 Å². The molecule has 1 aliphatic carbocycles. The molecule has 0 aromatic heterocycles. The van der Waals surface area contributed by atoms with Crippen LogP contribution in [0.2, 0.25) is 0 Å². The number of carbonyl (C=O) groups excluding carboxylic acids is 1. The maximum absolute atomic E-state index is 13.0. The normalized spacial score (nSPS) is 23.2. The highest BCUT2D eigenvalue weighted by Gasteiger charge is 2.34. The van der Waals surface area contributed by atoms with Gasteiger partial charge in [-0.2, -0.15) is 0 Å². The molecule has 1 fully saturated rings. The number of hydrogen-bond acceptors (Lipinski definition) is 2. The molecular formula is C19H27NO2. The molecule has 0 N–H and O–H groups in total. The predicted molar refractivity (Wildman–Crippen MR) is 87.9 cm³/mol. The standard InChI is InChI=1S/C19H27NO2/c1-13(15-6-4-5-7-15)19(21)20-11-10-16-8-9-17(22-3)12-18(16)14(20)2/h8-9,12-15H,4-7,10-11H2,1-3H3. The smallest absolute Gasteiger partial charge is 0.226 e. The van der Waals surface area contributed by atoms with Crippen LogP contribution in [0.25, 0.3) is 0 Å². The zero-order valence-corrected chi connectivity index (χ0v) is 14.0. The summed E-state index contributed by atoms with van der Waals surface area (Å²) < 4.78 is 5.35. The van der Waals surface area contributed by atoms with Crippen molar-refractivity contribution in [1.29, 1.82) is 0 Å². The Labute approximate surface area is 133 Å². The van der Waals surface area contributed by atoms with Gasteiger partial charge in [-0.05, 0) is 55.4 Å². The summed E-state index contributed by atoms with van der Waals surface area (Å²) in [7, 11) is 1.69. The Balaban J connectivity index is 1.79. The molecule has 1 aromatic rings. The molecule has 2 aliphatic rings. The number of ether oxygens (including phenoxy) is 1. The van der Waals surface area contributed by atoms with Gasteiger partial charge in [-0.1, -0.05) is 25.8 Å². The summed E-state index contributed by atoms with van der Waals surface area (Å²) in [4.78, 5) is 15.0. The Bertz CT molecular complexity index is 548. The van der Waals surface area contributed by atoms with Crippen molar-refractivity contribution in [3.63, 3.8) is 0 Å². The van der Waals surface area contributed by atoms with Crippen molar-refractivity contribution in [2.24, 2.45) is 11.8 Å². The lowest BCUT2D eigenvalue weighted by atomic mass is 9.88. The van der Waals surface area contributed by atoms with Gasteiger partial charge in [0.05, 0.1) is 13.2 Å². The number of benzene rings is 1. The third kappa shape index (κ3) is 2.73. The predicted octanol–water partition coefficient (Wildman–Crippen LogP) is 3.97. The average molecular weight is 301 g/mol. The van der Waals surface area contributed by atoms with Gasteiger partial charge in [-0.25, -0.2) is 0 Å². The van der Waals surface area contributed by atoms with Gasteiger partial charge in [0, 0.05) is 12.5 Å². The first kappa shape index (κ1) is 15.4. The molecule has 3 heteroatoms. The van der Waals surface area contributed by atoms with Gasteiger partial charge in [0.1, 0.15) is 5.75 Å². The van der Waals surface area contributed by atoms with Crippen LogP contribution in [0.5, 0.6) is 5.75 Å². The van der Waals surface area contributed by atoms with E-state index in [1.165, 1.54) is 36.8 Å². The minimum absolute atomic E-state index is 0.148. The van der Waals surface area contributed by atoms with Crippen LogP contribution >= 0.6 is 0 Å². The van der Waals surface area contributed by atoms with E-state index < -0.39 is 0 Å². The molecule has 0 spiro atoms. The van der Waals surface area contributed by atoms with Gasteiger partial charge < -0.3 is 9.64 Å². The number of amides is 1. The summed E-state index contributed by atoms with van der Waals surface area (Å²) >= 11 is 0. The van der Waals surface area contributed by atoms with Gasteiger partial charge >= 0.3 is 0 Å². The lowest BCUT2D eigenvalue weighted by Crippen LogP contribution is -2.43. The van der Waals surface area contributed by atoms with E-state index in [1.54, 1.807) is 7.11 Å². The summed E-state index contributed by atoms with van der Waals surface area (Å²) in [5, 5.41) is 0. The summed E-state index contributed by atoms with van der Waals surface area (Å²) in [5.74, 6) is 1.97. The molecule has 0 saturated heterocycles. The number of fused-ring (bicyclic) bond motifs is 1. The van der Waals surface area contributed by atoms with Crippen LogP contribution in [0.1, 0.15) is 56.7 Å². The molecule has 1 aliphatic heterocycles. The first-order valence-electron chi connectivity index (χ1n) is 8.59. The monoisotopic (exact) mass is 301 g/mol. The zero-order chi connectivity index (χ0) is 15.7. The number of methoxy groups -OCH3 is 1. The maximum atomic E-state index is 13.0. The molecule has 2 atom stereocenters. The average Bonchev–Trinajstić information content (AvgIpc) is 3.08. The van der Waals surface area contributed by atoms with E-state index in [0.717, 1.165) is 18.7 Å². The minimum atomic E-state index is 0.148. The Kier molecular flexibility index (Phi) is 4.42. The number of hydrogen-bond donors (Lipinski definition) is 0. The molecule has 22 heavy (non-hydrogen) atoms. The SMILES string of the molecule is COc1ccc2c(c1)C(C)N(C(=O)C(C)C1CCCC1)CC2. The summed E-state index contributed by atoms with van der Waals surface area (Å²) in [6, 6.07) is 6.41. The molecule has 0 radical (unpaired) electrons. The number of nitrogens with zero attached hydrogens (tertiary/aromatic N) is 1. The topological polar surface area (TPSA) is 29.5 Å². The second-order valence-electron chi connectivity index (χ2n) is 6.86. The van der Waals surface area contributed by atoms with E-state index >= 15 is 0 Å². The highest BCUT2D eigenvalue weighted by Crippen LogP contribution is 2.36. The van der Waals surface area contributed by atoms with Gasteiger partial charge in [0.2, 0.25) is 5.91 Å². The van der Waals surface area contributed by atoms with Crippen molar-refractivity contribution in [1.82, 2.24) is 4.90 Å². The Morgan fingerprint density at radius 3 is 2.73 bits per heavy atom. The van der Waals surface area contributed by atoms with Crippen molar-refractivity contribution < 1.29 is 9.53 Å².